The number of ether oxygens (including phenoxy) is 1. The lowest BCUT2D eigenvalue weighted by Gasteiger charge is -2.25. The van der Waals surface area contributed by atoms with E-state index >= 15 is 0 Å². The van der Waals surface area contributed by atoms with Gasteiger partial charge in [0.25, 0.3) is 5.91 Å². The van der Waals surface area contributed by atoms with Gasteiger partial charge < -0.3 is 15.0 Å². The molecule has 1 aliphatic carbocycles. The summed E-state index contributed by atoms with van der Waals surface area (Å²) in [7, 11) is 1.41. The monoisotopic (exact) mass is 376 g/mol. The predicted octanol–water partition coefficient (Wildman–Crippen LogP) is 1.93. The van der Waals surface area contributed by atoms with Crippen LogP contribution in [-0.2, 0) is 28.9 Å². The third-order valence-electron chi connectivity index (χ3n) is 5.73. The van der Waals surface area contributed by atoms with Gasteiger partial charge in [0.2, 0.25) is 0 Å². The minimum atomic E-state index is -0.199. The highest BCUT2D eigenvalue weighted by Crippen LogP contribution is 2.26. The van der Waals surface area contributed by atoms with E-state index in [0.29, 0.717) is 18.7 Å². The Morgan fingerprint density at radius 1 is 1.22 bits per heavy atom. The van der Waals surface area contributed by atoms with E-state index < -0.39 is 0 Å². The van der Waals surface area contributed by atoms with Crippen molar-refractivity contribution in [1.29, 1.82) is 0 Å². The van der Waals surface area contributed by atoms with E-state index in [2.05, 4.69) is 12.2 Å². The molecule has 2 heterocycles. The molecule has 1 aliphatic heterocycles. The van der Waals surface area contributed by atoms with E-state index in [-0.39, 0.29) is 17.9 Å². The van der Waals surface area contributed by atoms with Crippen LogP contribution in [0.4, 0.5) is 0 Å². The molecule has 2 aliphatic rings. The van der Waals surface area contributed by atoms with Crippen molar-refractivity contribution in [3.05, 3.63) is 17.0 Å². The Labute approximate surface area is 161 Å². The molecule has 27 heavy (non-hydrogen) atoms. The summed E-state index contributed by atoms with van der Waals surface area (Å²) in [4.78, 5) is 26.5. The summed E-state index contributed by atoms with van der Waals surface area (Å²) in [6.45, 7) is 5.15. The molecule has 1 aromatic heterocycles. The van der Waals surface area contributed by atoms with Crippen LogP contribution in [0.1, 0.15) is 67.2 Å². The van der Waals surface area contributed by atoms with Gasteiger partial charge in [-0.1, -0.05) is 12.8 Å². The first-order valence-corrected chi connectivity index (χ1v) is 10.3. The van der Waals surface area contributed by atoms with E-state index in [9.17, 15) is 9.59 Å². The number of aromatic nitrogens is 2. The Balaban J connectivity index is 1.72. The average molecular weight is 377 g/mol. The number of hydrogen-bond donors (Lipinski definition) is 1. The fourth-order valence-electron chi connectivity index (χ4n) is 4.20. The van der Waals surface area contributed by atoms with Crippen molar-refractivity contribution in [2.75, 3.05) is 26.7 Å². The predicted molar refractivity (Wildman–Crippen MR) is 103 cm³/mol. The van der Waals surface area contributed by atoms with Crippen LogP contribution in [0, 0.1) is 0 Å². The normalized spacial score (nSPS) is 20.1. The second kappa shape index (κ2) is 9.35. The van der Waals surface area contributed by atoms with Crippen LogP contribution in [0.15, 0.2) is 0 Å². The Morgan fingerprint density at radius 2 is 1.96 bits per heavy atom. The molecule has 1 aromatic rings. The molecule has 1 unspecified atom stereocenters. The molecule has 1 atom stereocenters. The number of carbonyl (C=O) groups excluding carboxylic acids is 2. The summed E-state index contributed by atoms with van der Waals surface area (Å²) >= 11 is 0. The first-order valence-electron chi connectivity index (χ1n) is 10.3. The van der Waals surface area contributed by atoms with Gasteiger partial charge in [-0.05, 0) is 39.0 Å². The van der Waals surface area contributed by atoms with Crippen molar-refractivity contribution in [3.63, 3.8) is 0 Å². The molecule has 7 nitrogen and oxygen atoms in total. The van der Waals surface area contributed by atoms with Gasteiger partial charge in [0.1, 0.15) is 0 Å². The van der Waals surface area contributed by atoms with Crippen molar-refractivity contribution in [2.24, 2.45) is 0 Å². The first kappa shape index (κ1) is 19.9. The Bertz CT molecular complexity index is 662. The highest BCUT2D eigenvalue weighted by molar-refractivity contribution is 5.94. The summed E-state index contributed by atoms with van der Waals surface area (Å²) in [6.07, 6.45) is 7.66. The Kier molecular flexibility index (Phi) is 6.88. The SMILES string of the molecule is CCn1nc(C(=O)N2CCCCCC2)c2c1CCC(NCCC(=O)OC)C2. The molecule has 7 heteroatoms. The van der Waals surface area contributed by atoms with Crippen molar-refractivity contribution < 1.29 is 14.3 Å². The van der Waals surface area contributed by atoms with E-state index in [0.717, 1.165) is 57.3 Å². The standard InChI is InChI=1S/C20H32N4O3/c1-3-24-17-9-8-15(21-11-10-18(25)27-2)14-16(17)19(22-24)20(26)23-12-6-4-5-7-13-23/h15,21H,3-14H2,1-2H3. The molecule has 0 bridgehead atoms. The number of esters is 1. The van der Waals surface area contributed by atoms with Crippen LogP contribution < -0.4 is 5.32 Å². The fourth-order valence-corrected chi connectivity index (χ4v) is 4.20. The third-order valence-corrected chi connectivity index (χ3v) is 5.73. The van der Waals surface area contributed by atoms with Crippen molar-refractivity contribution in [3.8, 4) is 0 Å². The largest absolute Gasteiger partial charge is 0.469 e. The number of nitrogens with zero attached hydrogens (tertiary/aromatic N) is 3. The summed E-state index contributed by atoms with van der Waals surface area (Å²) in [5.74, 6) is -0.106. The van der Waals surface area contributed by atoms with E-state index in [1.807, 2.05) is 9.58 Å². The zero-order valence-electron chi connectivity index (χ0n) is 16.6. The Hall–Kier alpha value is -1.89. The molecule has 1 saturated heterocycles. The molecule has 1 amide bonds. The number of likely N-dealkylation sites (tertiary alicyclic amines) is 1. The van der Waals surface area contributed by atoms with E-state index in [1.54, 1.807) is 0 Å². The van der Waals surface area contributed by atoms with Gasteiger partial charge in [-0.15, -0.1) is 0 Å². The highest BCUT2D eigenvalue weighted by atomic mass is 16.5. The summed E-state index contributed by atoms with van der Waals surface area (Å²) < 4.78 is 6.70. The van der Waals surface area contributed by atoms with Crippen LogP contribution in [0.2, 0.25) is 0 Å². The van der Waals surface area contributed by atoms with Gasteiger partial charge in [-0.25, -0.2) is 0 Å². The van der Waals surface area contributed by atoms with Crippen LogP contribution in [0.3, 0.4) is 0 Å². The lowest BCUT2D eigenvalue weighted by atomic mass is 9.91. The van der Waals surface area contributed by atoms with E-state index in [4.69, 9.17) is 9.84 Å². The molecule has 150 valence electrons. The summed E-state index contributed by atoms with van der Waals surface area (Å²) in [6, 6.07) is 0.271. The molecule has 1 fully saturated rings. The van der Waals surface area contributed by atoms with Crippen LogP contribution >= 0.6 is 0 Å². The lowest BCUT2D eigenvalue weighted by Crippen LogP contribution is -2.37. The zero-order valence-corrected chi connectivity index (χ0v) is 16.6. The Morgan fingerprint density at radius 3 is 2.63 bits per heavy atom. The maximum Gasteiger partial charge on any atom is 0.306 e. The van der Waals surface area contributed by atoms with Gasteiger partial charge in [0, 0.05) is 43.5 Å². The minimum absolute atomic E-state index is 0.0931. The van der Waals surface area contributed by atoms with Crippen LogP contribution in [-0.4, -0.2) is 59.3 Å². The third kappa shape index (κ3) is 4.69. The molecule has 0 saturated carbocycles. The number of nitrogens with one attached hydrogen (secondary N) is 1. The molecule has 0 radical (unpaired) electrons. The number of aryl methyl sites for hydroxylation is 1. The van der Waals surface area contributed by atoms with Crippen molar-refractivity contribution in [2.45, 2.75) is 70.9 Å². The first-order chi connectivity index (χ1) is 13.1. The van der Waals surface area contributed by atoms with Crippen molar-refractivity contribution >= 4 is 11.9 Å². The van der Waals surface area contributed by atoms with Crippen LogP contribution in [0.5, 0.6) is 0 Å². The molecule has 3 rings (SSSR count). The number of amides is 1. The summed E-state index contributed by atoms with van der Waals surface area (Å²) in [5, 5.41) is 8.14. The van der Waals surface area contributed by atoms with Gasteiger partial charge in [0.05, 0.1) is 13.5 Å². The topological polar surface area (TPSA) is 76.5 Å². The quantitative estimate of drug-likeness (QED) is 0.768. The number of carbonyl (C=O) groups is 2. The van der Waals surface area contributed by atoms with Crippen LogP contribution in [0.25, 0.3) is 0 Å². The summed E-state index contributed by atoms with van der Waals surface area (Å²) in [5.41, 5.74) is 2.96. The molecule has 0 spiro atoms. The van der Waals surface area contributed by atoms with Gasteiger partial charge in [-0.2, -0.15) is 5.10 Å². The molecular formula is C20H32N4O3. The lowest BCUT2D eigenvalue weighted by molar-refractivity contribution is -0.140. The van der Waals surface area contributed by atoms with Crippen molar-refractivity contribution in [1.82, 2.24) is 20.0 Å². The van der Waals surface area contributed by atoms with Gasteiger partial charge >= 0.3 is 5.97 Å². The number of rotatable bonds is 6. The highest BCUT2D eigenvalue weighted by Gasteiger charge is 2.31. The second-order valence-electron chi connectivity index (χ2n) is 7.52. The molecule has 0 aromatic carbocycles. The van der Waals surface area contributed by atoms with E-state index in [1.165, 1.54) is 25.6 Å². The minimum Gasteiger partial charge on any atom is -0.469 e. The smallest absolute Gasteiger partial charge is 0.306 e. The number of methoxy groups -OCH3 is 1. The molecular weight excluding hydrogens is 344 g/mol. The van der Waals surface area contributed by atoms with Gasteiger partial charge in [-0.3, -0.25) is 14.3 Å². The maximum absolute atomic E-state index is 13.2. The molecule has 1 N–H and O–H groups in total. The van der Waals surface area contributed by atoms with Gasteiger partial charge in [0.15, 0.2) is 5.69 Å². The number of fused-ring (bicyclic) bond motifs is 1. The number of hydrogen-bond acceptors (Lipinski definition) is 5. The zero-order chi connectivity index (χ0) is 19.2. The maximum atomic E-state index is 13.2. The second-order valence-corrected chi connectivity index (χ2v) is 7.52. The fraction of sp³-hybridized carbons (Fsp3) is 0.750. The average Bonchev–Trinajstić information content (AvgIpc) is 2.85.